The van der Waals surface area contributed by atoms with Crippen LogP contribution in [0, 0.1) is 5.92 Å². The van der Waals surface area contributed by atoms with Gasteiger partial charge in [0.1, 0.15) is 19.3 Å². The van der Waals surface area contributed by atoms with Crippen molar-refractivity contribution >= 4 is 39.5 Å². The molecular weight excluding hydrogens is 1320 g/mol. The molecular formula is C82H160O17P2. The third-order valence-corrected chi connectivity index (χ3v) is 21.2. The zero-order valence-electron chi connectivity index (χ0n) is 66.1. The molecule has 0 saturated heterocycles. The second kappa shape index (κ2) is 74.9. The summed E-state index contributed by atoms with van der Waals surface area (Å²) in [4.78, 5) is 73.0. The monoisotopic (exact) mass is 1480 g/mol. The van der Waals surface area contributed by atoms with Gasteiger partial charge in [0.2, 0.25) is 0 Å². The average Bonchev–Trinajstić information content (AvgIpc) is 0.932. The number of esters is 4. The summed E-state index contributed by atoms with van der Waals surface area (Å²) in [5, 5.41) is 10.6. The molecule has 0 spiro atoms. The Morgan fingerprint density at radius 1 is 0.267 bits per heavy atom. The molecule has 19 heteroatoms. The van der Waals surface area contributed by atoms with Crippen LogP contribution in [0.1, 0.15) is 439 Å². The van der Waals surface area contributed by atoms with Crippen molar-refractivity contribution in [2.24, 2.45) is 5.92 Å². The highest BCUT2D eigenvalue weighted by Crippen LogP contribution is 2.45. The highest BCUT2D eigenvalue weighted by atomic mass is 31.2. The molecule has 0 rings (SSSR count). The molecule has 17 nitrogen and oxygen atoms in total. The lowest BCUT2D eigenvalue weighted by Crippen LogP contribution is -2.30. The largest absolute Gasteiger partial charge is 0.472 e. The molecule has 0 aliphatic carbocycles. The molecule has 0 aromatic rings. The minimum Gasteiger partial charge on any atom is -0.462 e. The predicted octanol–water partition coefficient (Wildman–Crippen LogP) is 24.8. The lowest BCUT2D eigenvalue weighted by atomic mass is 10.0. The Morgan fingerprint density at radius 2 is 0.455 bits per heavy atom. The number of hydrogen-bond acceptors (Lipinski definition) is 15. The van der Waals surface area contributed by atoms with E-state index in [1.807, 2.05) is 0 Å². The molecule has 0 aromatic carbocycles. The Balaban J connectivity index is 5.19. The third kappa shape index (κ3) is 76.1. The van der Waals surface area contributed by atoms with Gasteiger partial charge < -0.3 is 33.8 Å². The van der Waals surface area contributed by atoms with Crippen LogP contribution in [0.2, 0.25) is 0 Å². The van der Waals surface area contributed by atoms with Crippen LogP contribution in [0.4, 0.5) is 0 Å². The van der Waals surface area contributed by atoms with Crippen molar-refractivity contribution in [3.05, 3.63) is 0 Å². The average molecular weight is 1480 g/mol. The van der Waals surface area contributed by atoms with E-state index in [1.165, 1.54) is 263 Å². The van der Waals surface area contributed by atoms with Gasteiger partial charge in [-0.25, -0.2) is 9.13 Å². The molecule has 0 amide bonds. The zero-order valence-corrected chi connectivity index (χ0v) is 67.8. The van der Waals surface area contributed by atoms with Gasteiger partial charge in [-0.1, -0.05) is 388 Å². The Hall–Kier alpha value is -1.94. The second-order valence-corrected chi connectivity index (χ2v) is 32.9. The zero-order chi connectivity index (χ0) is 74.1. The van der Waals surface area contributed by atoms with E-state index in [9.17, 15) is 43.2 Å². The molecule has 0 aliphatic rings. The van der Waals surface area contributed by atoms with E-state index in [4.69, 9.17) is 37.0 Å². The first kappa shape index (κ1) is 99.1. The molecule has 101 heavy (non-hydrogen) atoms. The number of unbranched alkanes of at least 4 members (excludes halogenated alkanes) is 54. The summed E-state index contributed by atoms with van der Waals surface area (Å²) >= 11 is 0. The van der Waals surface area contributed by atoms with Crippen LogP contribution in [-0.4, -0.2) is 96.7 Å². The molecule has 0 aliphatic heterocycles. The molecule has 0 bridgehead atoms. The van der Waals surface area contributed by atoms with Gasteiger partial charge in [-0.2, -0.15) is 0 Å². The maximum atomic E-state index is 13.1. The number of ether oxygens (including phenoxy) is 4. The van der Waals surface area contributed by atoms with E-state index in [0.29, 0.717) is 25.7 Å². The van der Waals surface area contributed by atoms with Crippen molar-refractivity contribution in [1.82, 2.24) is 0 Å². The Kier molecular flexibility index (Phi) is 73.5. The van der Waals surface area contributed by atoms with E-state index in [-0.39, 0.29) is 25.7 Å². The lowest BCUT2D eigenvalue weighted by molar-refractivity contribution is -0.161. The summed E-state index contributed by atoms with van der Waals surface area (Å²) in [6, 6.07) is 0. The van der Waals surface area contributed by atoms with E-state index < -0.39 is 97.5 Å². The van der Waals surface area contributed by atoms with Crippen LogP contribution in [0.15, 0.2) is 0 Å². The molecule has 5 atom stereocenters. The van der Waals surface area contributed by atoms with Gasteiger partial charge in [-0.15, -0.1) is 0 Å². The smallest absolute Gasteiger partial charge is 0.462 e. The number of phosphoric ester groups is 2. The van der Waals surface area contributed by atoms with Crippen LogP contribution in [0.3, 0.4) is 0 Å². The van der Waals surface area contributed by atoms with Crippen molar-refractivity contribution in [2.75, 3.05) is 39.6 Å². The van der Waals surface area contributed by atoms with E-state index in [2.05, 4.69) is 34.6 Å². The summed E-state index contributed by atoms with van der Waals surface area (Å²) in [6.07, 6.45) is 66.9. The van der Waals surface area contributed by atoms with E-state index in [0.717, 1.165) is 95.8 Å². The van der Waals surface area contributed by atoms with Gasteiger partial charge in [0.15, 0.2) is 12.2 Å². The first-order valence-corrected chi connectivity index (χ1v) is 45.6. The number of carbonyl (C=O) groups excluding carboxylic acids is 4. The minimum atomic E-state index is -4.96. The van der Waals surface area contributed by atoms with Crippen molar-refractivity contribution < 1.29 is 80.2 Å². The van der Waals surface area contributed by atoms with Crippen molar-refractivity contribution in [3.8, 4) is 0 Å². The fourth-order valence-corrected chi connectivity index (χ4v) is 14.3. The molecule has 0 fully saturated rings. The van der Waals surface area contributed by atoms with Crippen LogP contribution in [0.5, 0.6) is 0 Å². The normalized spacial score (nSPS) is 13.8. The fourth-order valence-electron chi connectivity index (χ4n) is 12.8. The van der Waals surface area contributed by atoms with Gasteiger partial charge in [0.05, 0.1) is 26.4 Å². The number of carbonyl (C=O) groups is 4. The number of hydrogen-bond donors (Lipinski definition) is 3. The topological polar surface area (TPSA) is 237 Å². The molecule has 0 radical (unpaired) electrons. The summed E-state index contributed by atoms with van der Waals surface area (Å²) in [5.74, 6) is -1.39. The quantitative estimate of drug-likeness (QED) is 0.0222. The lowest BCUT2D eigenvalue weighted by Gasteiger charge is -2.21. The Morgan fingerprint density at radius 3 is 0.673 bits per heavy atom. The van der Waals surface area contributed by atoms with Crippen LogP contribution in [0.25, 0.3) is 0 Å². The van der Waals surface area contributed by atoms with Crippen LogP contribution in [-0.2, 0) is 65.4 Å². The summed E-state index contributed by atoms with van der Waals surface area (Å²) in [6.45, 7) is 7.28. The van der Waals surface area contributed by atoms with Crippen molar-refractivity contribution in [3.63, 3.8) is 0 Å². The highest BCUT2D eigenvalue weighted by Gasteiger charge is 2.30. The number of aliphatic hydroxyl groups is 1. The molecule has 0 saturated carbocycles. The van der Waals surface area contributed by atoms with Crippen LogP contribution >= 0.6 is 15.6 Å². The summed E-state index contributed by atoms with van der Waals surface area (Å²) in [7, 11) is -9.92. The summed E-state index contributed by atoms with van der Waals surface area (Å²) in [5.41, 5.74) is 0. The minimum absolute atomic E-state index is 0.105. The maximum Gasteiger partial charge on any atom is 0.472 e. The van der Waals surface area contributed by atoms with Gasteiger partial charge in [-0.3, -0.25) is 37.3 Å². The molecule has 2 unspecified atom stereocenters. The van der Waals surface area contributed by atoms with Crippen molar-refractivity contribution in [2.45, 2.75) is 457 Å². The molecule has 600 valence electrons. The molecule has 0 aromatic heterocycles. The fraction of sp³-hybridized carbons (Fsp3) is 0.951. The predicted molar refractivity (Wildman–Crippen MR) is 414 cm³/mol. The SMILES string of the molecule is CCCCCCCCCCCCCCCCCCCCCCCCC(=O)O[C@H](COC(=O)CCCCCCCCCCCCCCCCCCCC)COP(=O)(O)OC[C@@H](O)COP(=O)(O)OC[C@@H](COC(=O)CCCCCCCCCCCC)OC(=O)CCCCCCCCCCC(C)C. The Bertz CT molecular complexity index is 1930. The highest BCUT2D eigenvalue weighted by molar-refractivity contribution is 7.47. The first-order chi connectivity index (χ1) is 49.0. The third-order valence-electron chi connectivity index (χ3n) is 19.3. The summed E-state index contributed by atoms with van der Waals surface area (Å²) < 4.78 is 68.7. The Labute approximate surface area is 619 Å². The van der Waals surface area contributed by atoms with Gasteiger partial charge in [0, 0.05) is 25.7 Å². The maximum absolute atomic E-state index is 13.1. The standard InChI is InChI=1S/C82H160O17P2/c1-6-9-12-15-18-21-24-26-28-30-32-33-34-35-37-39-41-43-46-52-57-62-67-81(86)98-77(71-93-80(85)66-61-56-51-45-42-40-38-36-31-29-27-25-22-19-16-13-10-7-2)73-96-100(88,89)94-69-76(83)70-95-101(90,91)97-74-78(72-92-79(84)65-60-55-50-44-23-20-17-14-11-8-3)99-82(87)68-63-58-53-48-47-49-54-59-64-75(4)5/h75-78,83H,6-74H2,1-5H3,(H,88,89)(H,90,91)/t76-,77-,78-/m1/s1. The van der Waals surface area contributed by atoms with Crippen LogP contribution < -0.4 is 0 Å². The molecule has 3 N–H and O–H groups in total. The second-order valence-electron chi connectivity index (χ2n) is 30.0. The number of rotatable bonds is 82. The number of aliphatic hydroxyl groups excluding tert-OH is 1. The van der Waals surface area contributed by atoms with Gasteiger partial charge in [-0.05, 0) is 31.6 Å². The van der Waals surface area contributed by atoms with E-state index >= 15 is 0 Å². The number of phosphoric acid groups is 2. The van der Waals surface area contributed by atoms with Gasteiger partial charge in [0.25, 0.3) is 0 Å². The first-order valence-electron chi connectivity index (χ1n) is 42.6. The van der Waals surface area contributed by atoms with E-state index in [1.54, 1.807) is 0 Å². The van der Waals surface area contributed by atoms with Gasteiger partial charge >= 0.3 is 39.5 Å². The molecule has 0 heterocycles. The van der Waals surface area contributed by atoms with Crippen molar-refractivity contribution in [1.29, 1.82) is 0 Å².